The topological polar surface area (TPSA) is 101 Å². The smallest absolute Gasteiger partial charge is 0.337 e. The predicted octanol–water partition coefficient (Wildman–Crippen LogP) is 3.80. The quantitative estimate of drug-likeness (QED) is 0.595. The summed E-state index contributed by atoms with van der Waals surface area (Å²) in [6, 6.07) is 21.0. The lowest BCUT2D eigenvalue weighted by atomic mass is 10.0. The summed E-state index contributed by atoms with van der Waals surface area (Å²) < 4.78 is 31.7. The number of aliphatic hydroxyl groups excluding tert-OH is 1. The van der Waals surface area contributed by atoms with Crippen molar-refractivity contribution in [3.05, 3.63) is 107 Å². The number of hydrogen-bond donors (Lipinski definition) is 1. The molecule has 32 heavy (non-hydrogen) atoms. The molecular formula is C24H19NO6S. The van der Waals surface area contributed by atoms with Gasteiger partial charge in [0.2, 0.25) is 9.84 Å². The average Bonchev–Trinajstić information content (AvgIpc) is 3.11. The Kier molecular flexibility index (Phi) is 5.54. The fraction of sp³-hybridized carbons (Fsp3) is 0.0833. The SMILES string of the molecule is COC(=O)c1ccc(C2C(S(=O)(=O)c3ccccc3)=C(O)C(=O)N2c2ccccc2)cc1. The molecule has 162 valence electrons. The number of carbonyl (C=O) groups excluding carboxylic acids is 2. The van der Waals surface area contributed by atoms with Gasteiger partial charge in [-0.1, -0.05) is 48.5 Å². The molecule has 1 aliphatic rings. The number of methoxy groups -OCH3 is 1. The predicted molar refractivity (Wildman–Crippen MR) is 118 cm³/mol. The van der Waals surface area contributed by atoms with E-state index in [0.29, 0.717) is 11.3 Å². The lowest BCUT2D eigenvalue weighted by molar-refractivity contribution is -0.117. The van der Waals surface area contributed by atoms with Gasteiger partial charge in [0.1, 0.15) is 10.9 Å². The van der Waals surface area contributed by atoms with Gasteiger partial charge in [0.25, 0.3) is 5.91 Å². The summed E-state index contributed by atoms with van der Waals surface area (Å²) in [7, 11) is -2.96. The van der Waals surface area contributed by atoms with Crippen molar-refractivity contribution < 1.29 is 27.9 Å². The third kappa shape index (κ3) is 3.54. The molecule has 1 aliphatic heterocycles. The Labute approximate surface area is 185 Å². The zero-order chi connectivity index (χ0) is 22.9. The van der Waals surface area contributed by atoms with Crippen LogP contribution in [-0.4, -0.2) is 32.5 Å². The number of esters is 1. The van der Waals surface area contributed by atoms with E-state index in [1.807, 2.05) is 0 Å². The number of hydrogen-bond acceptors (Lipinski definition) is 6. The molecule has 3 aromatic rings. The van der Waals surface area contributed by atoms with Crippen molar-refractivity contribution >= 4 is 27.4 Å². The van der Waals surface area contributed by atoms with E-state index < -0.39 is 38.4 Å². The molecule has 8 heteroatoms. The highest BCUT2D eigenvalue weighted by Gasteiger charge is 2.47. The van der Waals surface area contributed by atoms with E-state index in [2.05, 4.69) is 0 Å². The summed E-state index contributed by atoms with van der Waals surface area (Å²) in [5.41, 5.74) is 1.10. The van der Waals surface area contributed by atoms with E-state index in [1.54, 1.807) is 60.7 Å². The first-order valence-electron chi connectivity index (χ1n) is 9.66. The lowest BCUT2D eigenvalue weighted by Crippen LogP contribution is -2.31. The van der Waals surface area contributed by atoms with Gasteiger partial charge in [0, 0.05) is 5.69 Å². The average molecular weight is 449 g/mol. The van der Waals surface area contributed by atoms with Gasteiger partial charge < -0.3 is 9.84 Å². The Bertz CT molecular complexity index is 1300. The molecule has 0 radical (unpaired) electrons. The molecular weight excluding hydrogens is 430 g/mol. The van der Waals surface area contributed by atoms with Crippen LogP contribution in [0.15, 0.2) is 100 Å². The van der Waals surface area contributed by atoms with Crippen molar-refractivity contribution in [2.24, 2.45) is 0 Å². The van der Waals surface area contributed by atoms with Gasteiger partial charge in [0.15, 0.2) is 5.76 Å². The first kappa shape index (κ1) is 21.3. The molecule has 1 unspecified atom stereocenters. The fourth-order valence-corrected chi connectivity index (χ4v) is 5.31. The van der Waals surface area contributed by atoms with Crippen LogP contribution in [0.2, 0.25) is 0 Å². The monoisotopic (exact) mass is 449 g/mol. The van der Waals surface area contributed by atoms with Crippen LogP contribution in [0.3, 0.4) is 0 Å². The number of sulfone groups is 1. The van der Waals surface area contributed by atoms with Crippen molar-refractivity contribution in [3.8, 4) is 0 Å². The minimum absolute atomic E-state index is 0.0413. The number of anilines is 1. The normalized spacial score (nSPS) is 16.3. The molecule has 3 aromatic carbocycles. The van der Waals surface area contributed by atoms with Crippen molar-refractivity contribution in [1.82, 2.24) is 0 Å². The van der Waals surface area contributed by atoms with Gasteiger partial charge >= 0.3 is 5.97 Å². The number of benzene rings is 3. The van der Waals surface area contributed by atoms with Crippen molar-refractivity contribution in [2.45, 2.75) is 10.9 Å². The molecule has 7 nitrogen and oxygen atoms in total. The zero-order valence-electron chi connectivity index (χ0n) is 17.0. The minimum atomic E-state index is -4.21. The molecule has 0 spiro atoms. The molecule has 0 fully saturated rings. The fourth-order valence-electron chi connectivity index (χ4n) is 3.66. The van der Waals surface area contributed by atoms with Crippen molar-refractivity contribution in [2.75, 3.05) is 12.0 Å². The summed E-state index contributed by atoms with van der Waals surface area (Å²) in [5, 5.41) is 10.7. The number of para-hydroxylation sites is 1. The highest BCUT2D eigenvalue weighted by Crippen LogP contribution is 2.44. The zero-order valence-corrected chi connectivity index (χ0v) is 17.8. The van der Waals surface area contributed by atoms with Gasteiger partial charge in [-0.15, -0.1) is 0 Å². The highest BCUT2D eigenvalue weighted by atomic mass is 32.2. The van der Waals surface area contributed by atoms with Crippen LogP contribution in [0.25, 0.3) is 0 Å². The summed E-state index contributed by atoms with van der Waals surface area (Å²) in [6.07, 6.45) is 0. The first-order valence-corrected chi connectivity index (χ1v) is 11.1. The Morgan fingerprint density at radius 3 is 2.03 bits per heavy atom. The van der Waals surface area contributed by atoms with Gasteiger partial charge in [-0.3, -0.25) is 9.69 Å². The van der Waals surface area contributed by atoms with Crippen LogP contribution in [0.4, 0.5) is 5.69 Å². The third-order valence-electron chi connectivity index (χ3n) is 5.19. The summed E-state index contributed by atoms with van der Waals surface area (Å²) in [6.45, 7) is 0. The van der Waals surface area contributed by atoms with E-state index >= 15 is 0 Å². The number of carbonyl (C=O) groups is 2. The number of nitrogens with zero attached hydrogens (tertiary/aromatic N) is 1. The largest absolute Gasteiger partial charge is 0.502 e. The minimum Gasteiger partial charge on any atom is -0.502 e. The summed E-state index contributed by atoms with van der Waals surface area (Å²) >= 11 is 0. The Balaban J connectivity index is 1.91. The second kappa shape index (κ2) is 8.32. The number of ether oxygens (including phenoxy) is 1. The molecule has 0 aliphatic carbocycles. The Morgan fingerprint density at radius 2 is 1.47 bits per heavy atom. The van der Waals surface area contributed by atoms with E-state index in [0.717, 1.165) is 0 Å². The molecule has 1 N–H and O–H groups in total. The van der Waals surface area contributed by atoms with E-state index in [-0.39, 0.29) is 10.5 Å². The Hall–Kier alpha value is -3.91. The molecule has 0 aromatic heterocycles. The number of aliphatic hydroxyl groups is 1. The first-order chi connectivity index (χ1) is 15.4. The molecule has 0 saturated carbocycles. The number of rotatable bonds is 5. The second-order valence-electron chi connectivity index (χ2n) is 7.06. The van der Waals surface area contributed by atoms with Gasteiger partial charge in [-0.2, -0.15) is 0 Å². The number of amides is 1. The standard InChI is InChI=1S/C24H19NO6S/c1-31-24(28)17-14-12-16(13-15-17)20-22(32(29,30)19-10-6-3-7-11-19)21(26)23(27)25(20)18-8-4-2-5-9-18/h2-15,20,26H,1H3. The van der Waals surface area contributed by atoms with Gasteiger partial charge in [0.05, 0.1) is 17.6 Å². The lowest BCUT2D eigenvalue weighted by Gasteiger charge is -2.27. The highest BCUT2D eigenvalue weighted by molar-refractivity contribution is 7.95. The molecule has 4 rings (SSSR count). The molecule has 1 amide bonds. The molecule has 1 heterocycles. The van der Waals surface area contributed by atoms with Crippen LogP contribution in [0.5, 0.6) is 0 Å². The van der Waals surface area contributed by atoms with Crippen molar-refractivity contribution in [1.29, 1.82) is 0 Å². The van der Waals surface area contributed by atoms with Gasteiger partial charge in [-0.25, -0.2) is 13.2 Å². The van der Waals surface area contributed by atoms with Crippen LogP contribution in [0, 0.1) is 0 Å². The Morgan fingerprint density at radius 1 is 0.906 bits per heavy atom. The molecule has 1 atom stereocenters. The van der Waals surface area contributed by atoms with E-state index in [1.165, 1.54) is 36.3 Å². The van der Waals surface area contributed by atoms with Crippen molar-refractivity contribution in [3.63, 3.8) is 0 Å². The summed E-state index contributed by atoms with van der Waals surface area (Å²) in [5.74, 6) is -2.21. The van der Waals surface area contributed by atoms with Gasteiger partial charge in [-0.05, 0) is 42.0 Å². The summed E-state index contributed by atoms with van der Waals surface area (Å²) in [4.78, 5) is 25.7. The maximum Gasteiger partial charge on any atom is 0.337 e. The van der Waals surface area contributed by atoms with Crippen LogP contribution >= 0.6 is 0 Å². The second-order valence-corrected chi connectivity index (χ2v) is 8.97. The maximum atomic E-state index is 13.5. The maximum absolute atomic E-state index is 13.5. The third-order valence-corrected chi connectivity index (χ3v) is 7.07. The van der Waals surface area contributed by atoms with Crippen LogP contribution in [0.1, 0.15) is 22.0 Å². The van der Waals surface area contributed by atoms with Crippen LogP contribution < -0.4 is 4.90 Å². The van der Waals surface area contributed by atoms with E-state index in [4.69, 9.17) is 4.74 Å². The van der Waals surface area contributed by atoms with E-state index in [9.17, 15) is 23.1 Å². The molecule has 0 bridgehead atoms. The molecule has 0 saturated heterocycles. The van der Waals surface area contributed by atoms with Crippen LogP contribution in [-0.2, 0) is 19.4 Å².